The predicted octanol–water partition coefficient (Wildman–Crippen LogP) is 2.89. The summed E-state index contributed by atoms with van der Waals surface area (Å²) in [6.07, 6.45) is 0. The first-order valence-electron chi connectivity index (χ1n) is 6.81. The maximum absolute atomic E-state index is 12.4. The average molecular weight is 319 g/mol. The number of imidazole rings is 1. The lowest BCUT2D eigenvalue weighted by Gasteiger charge is -2.07. The second kappa shape index (κ2) is 4.88. The van der Waals surface area contributed by atoms with Crippen LogP contribution in [-0.2, 0) is 17.1 Å². The van der Waals surface area contributed by atoms with E-state index in [2.05, 4.69) is 9.71 Å². The molecule has 2 heterocycles. The van der Waals surface area contributed by atoms with E-state index < -0.39 is 10.0 Å². The Hall–Kier alpha value is -2.28. The molecule has 0 fully saturated rings. The van der Waals surface area contributed by atoms with E-state index in [-0.39, 0.29) is 4.90 Å². The van der Waals surface area contributed by atoms with Gasteiger partial charge in [-0.1, -0.05) is 0 Å². The molecule has 0 spiro atoms. The lowest BCUT2D eigenvalue weighted by atomic mass is 10.3. The molecule has 22 heavy (non-hydrogen) atoms. The summed E-state index contributed by atoms with van der Waals surface area (Å²) >= 11 is 0. The number of nitrogens with one attached hydrogen (secondary N) is 1. The van der Waals surface area contributed by atoms with E-state index in [0.717, 1.165) is 16.9 Å². The standard InChI is InChI=1S/C15H17N3O3S/c1-9-7-15(10(2)21-9)22(19,20)17-12-5-6-14-13(8-12)16-11(3)18(14)4/h5-8,17H,1-4H3. The minimum absolute atomic E-state index is 0.155. The van der Waals surface area contributed by atoms with Crippen molar-refractivity contribution in [3.8, 4) is 0 Å². The van der Waals surface area contributed by atoms with Gasteiger partial charge in [-0.25, -0.2) is 13.4 Å². The van der Waals surface area contributed by atoms with Crippen LogP contribution in [-0.4, -0.2) is 18.0 Å². The highest BCUT2D eigenvalue weighted by Gasteiger charge is 2.21. The second-order valence-electron chi connectivity index (χ2n) is 5.30. The Labute approximate surface area is 128 Å². The van der Waals surface area contributed by atoms with Crippen molar-refractivity contribution in [2.75, 3.05) is 4.72 Å². The third-order valence-corrected chi connectivity index (χ3v) is 5.13. The van der Waals surface area contributed by atoms with E-state index in [9.17, 15) is 8.42 Å². The molecule has 2 aromatic heterocycles. The van der Waals surface area contributed by atoms with Crippen molar-refractivity contribution in [2.24, 2.45) is 7.05 Å². The van der Waals surface area contributed by atoms with E-state index in [4.69, 9.17) is 4.42 Å². The molecule has 7 heteroatoms. The molecule has 0 saturated heterocycles. The maximum atomic E-state index is 12.4. The Bertz CT molecular complexity index is 967. The number of rotatable bonds is 3. The molecule has 1 N–H and O–H groups in total. The van der Waals surface area contributed by atoms with Gasteiger partial charge in [0.15, 0.2) is 0 Å². The van der Waals surface area contributed by atoms with Gasteiger partial charge in [-0.3, -0.25) is 4.72 Å². The van der Waals surface area contributed by atoms with Gasteiger partial charge in [-0.05, 0) is 39.0 Å². The van der Waals surface area contributed by atoms with Crippen LogP contribution in [0, 0.1) is 20.8 Å². The van der Waals surface area contributed by atoms with Crippen molar-refractivity contribution in [3.63, 3.8) is 0 Å². The highest BCUT2D eigenvalue weighted by atomic mass is 32.2. The van der Waals surface area contributed by atoms with Crippen LogP contribution in [0.15, 0.2) is 33.6 Å². The number of nitrogens with zero attached hydrogens (tertiary/aromatic N) is 2. The van der Waals surface area contributed by atoms with Crippen molar-refractivity contribution in [1.29, 1.82) is 0 Å². The van der Waals surface area contributed by atoms with Gasteiger partial charge < -0.3 is 8.98 Å². The van der Waals surface area contributed by atoms with Gasteiger partial charge in [0.2, 0.25) is 0 Å². The fourth-order valence-corrected chi connectivity index (χ4v) is 3.76. The molecule has 0 unspecified atom stereocenters. The summed E-state index contributed by atoms with van der Waals surface area (Å²) in [5, 5.41) is 0. The molecule has 116 valence electrons. The van der Waals surface area contributed by atoms with E-state index >= 15 is 0 Å². The fraction of sp³-hybridized carbons (Fsp3) is 0.267. The molecule has 0 aliphatic heterocycles. The van der Waals surface area contributed by atoms with Crippen LogP contribution in [0.4, 0.5) is 5.69 Å². The van der Waals surface area contributed by atoms with Gasteiger partial charge in [0.25, 0.3) is 10.0 Å². The molecule has 3 rings (SSSR count). The predicted molar refractivity (Wildman–Crippen MR) is 84.4 cm³/mol. The van der Waals surface area contributed by atoms with Crippen molar-refractivity contribution in [1.82, 2.24) is 9.55 Å². The van der Waals surface area contributed by atoms with Crippen molar-refractivity contribution in [3.05, 3.63) is 41.6 Å². The van der Waals surface area contributed by atoms with E-state index in [1.54, 1.807) is 26.0 Å². The summed E-state index contributed by atoms with van der Waals surface area (Å²) in [7, 11) is -1.75. The summed E-state index contributed by atoms with van der Waals surface area (Å²) in [5.41, 5.74) is 2.18. The Morgan fingerprint density at radius 2 is 1.91 bits per heavy atom. The Morgan fingerprint density at radius 3 is 2.55 bits per heavy atom. The van der Waals surface area contributed by atoms with Crippen molar-refractivity contribution in [2.45, 2.75) is 25.7 Å². The average Bonchev–Trinajstić information content (AvgIpc) is 2.90. The number of fused-ring (bicyclic) bond motifs is 1. The Kier molecular flexibility index (Phi) is 3.25. The van der Waals surface area contributed by atoms with Crippen LogP contribution < -0.4 is 4.72 Å². The van der Waals surface area contributed by atoms with E-state index in [0.29, 0.717) is 17.2 Å². The Morgan fingerprint density at radius 1 is 1.18 bits per heavy atom. The lowest BCUT2D eigenvalue weighted by molar-refractivity contribution is 0.496. The number of sulfonamides is 1. The first-order valence-corrected chi connectivity index (χ1v) is 8.29. The zero-order valence-corrected chi connectivity index (χ0v) is 13.7. The molecule has 1 aromatic carbocycles. The topological polar surface area (TPSA) is 77.1 Å². The smallest absolute Gasteiger partial charge is 0.265 e. The lowest BCUT2D eigenvalue weighted by Crippen LogP contribution is -2.13. The molecule has 0 radical (unpaired) electrons. The van der Waals surface area contributed by atoms with Crippen LogP contribution >= 0.6 is 0 Å². The maximum Gasteiger partial charge on any atom is 0.265 e. The summed E-state index contributed by atoms with van der Waals surface area (Å²) < 4.78 is 34.7. The summed E-state index contributed by atoms with van der Waals surface area (Å²) in [6.45, 7) is 5.25. The number of benzene rings is 1. The fourth-order valence-electron chi connectivity index (χ4n) is 2.47. The van der Waals surface area contributed by atoms with Crippen molar-refractivity contribution < 1.29 is 12.8 Å². The SMILES string of the molecule is Cc1cc(S(=O)(=O)Nc2ccc3c(c2)nc(C)n3C)c(C)o1. The molecule has 0 atom stereocenters. The normalized spacial score (nSPS) is 12.0. The van der Waals surface area contributed by atoms with Crippen LogP contribution in [0.5, 0.6) is 0 Å². The third-order valence-electron chi connectivity index (χ3n) is 3.64. The quantitative estimate of drug-likeness (QED) is 0.805. The number of aromatic nitrogens is 2. The number of aryl methyl sites for hydroxylation is 4. The monoisotopic (exact) mass is 319 g/mol. The van der Waals surface area contributed by atoms with Gasteiger partial charge in [-0.2, -0.15) is 0 Å². The molecule has 0 bridgehead atoms. The molecule has 0 amide bonds. The first kappa shape index (κ1) is 14.6. The molecule has 0 aliphatic carbocycles. The minimum Gasteiger partial charge on any atom is -0.465 e. The minimum atomic E-state index is -3.67. The molecular weight excluding hydrogens is 302 g/mol. The second-order valence-corrected chi connectivity index (χ2v) is 6.96. The van der Waals surface area contributed by atoms with Crippen LogP contribution in [0.25, 0.3) is 11.0 Å². The van der Waals surface area contributed by atoms with Gasteiger partial charge in [-0.15, -0.1) is 0 Å². The molecule has 0 saturated carbocycles. The van der Waals surface area contributed by atoms with Gasteiger partial charge in [0.05, 0.1) is 16.7 Å². The van der Waals surface area contributed by atoms with E-state index in [1.807, 2.05) is 24.6 Å². The van der Waals surface area contributed by atoms with Gasteiger partial charge >= 0.3 is 0 Å². The number of anilines is 1. The molecular formula is C15H17N3O3S. The van der Waals surface area contributed by atoms with Gasteiger partial charge in [0.1, 0.15) is 22.2 Å². The highest BCUT2D eigenvalue weighted by molar-refractivity contribution is 7.92. The largest absolute Gasteiger partial charge is 0.465 e. The first-order chi connectivity index (χ1) is 10.3. The Balaban J connectivity index is 2.00. The summed E-state index contributed by atoms with van der Waals surface area (Å²) in [6, 6.07) is 6.81. The zero-order chi connectivity index (χ0) is 16.1. The number of hydrogen-bond donors (Lipinski definition) is 1. The molecule has 0 aliphatic rings. The molecule has 3 aromatic rings. The summed E-state index contributed by atoms with van der Waals surface area (Å²) in [5.74, 6) is 1.81. The van der Waals surface area contributed by atoms with Crippen molar-refractivity contribution >= 4 is 26.7 Å². The molecule has 6 nitrogen and oxygen atoms in total. The third kappa shape index (κ3) is 2.37. The summed E-state index contributed by atoms with van der Waals surface area (Å²) in [4.78, 5) is 4.56. The van der Waals surface area contributed by atoms with Crippen LogP contribution in [0.3, 0.4) is 0 Å². The van der Waals surface area contributed by atoms with E-state index in [1.165, 1.54) is 6.07 Å². The highest BCUT2D eigenvalue weighted by Crippen LogP contribution is 2.24. The number of hydrogen-bond acceptors (Lipinski definition) is 4. The number of furan rings is 1. The van der Waals surface area contributed by atoms with Crippen LogP contribution in [0.2, 0.25) is 0 Å². The van der Waals surface area contributed by atoms with Crippen LogP contribution in [0.1, 0.15) is 17.3 Å². The van der Waals surface area contributed by atoms with Gasteiger partial charge in [0, 0.05) is 13.1 Å². The zero-order valence-electron chi connectivity index (χ0n) is 12.8.